The zero-order valence-corrected chi connectivity index (χ0v) is 18.5. The summed E-state index contributed by atoms with van der Waals surface area (Å²) >= 11 is 0. The molecular formula is C24H29N3O4. The molecule has 0 spiro atoms. The van der Waals surface area contributed by atoms with Crippen LogP contribution in [0.5, 0.6) is 17.2 Å². The maximum absolute atomic E-state index is 12.5. The standard InChI is InChI=1S/C24H29N3O4/c1-5-29-22-10-8-19(14-23(22)30-6-2)15-25-24(28)20-11-12-27(26-20)16-31-21-9-7-17(3)13-18(21)4/h7-14H,5-6,15-16H2,1-4H3,(H,25,28). The van der Waals surface area contributed by atoms with Crippen molar-refractivity contribution in [3.05, 3.63) is 71.0 Å². The van der Waals surface area contributed by atoms with E-state index in [4.69, 9.17) is 14.2 Å². The van der Waals surface area contributed by atoms with Crippen molar-refractivity contribution in [2.75, 3.05) is 13.2 Å². The fourth-order valence-electron chi connectivity index (χ4n) is 3.13. The minimum absolute atomic E-state index is 0.230. The minimum Gasteiger partial charge on any atom is -0.490 e. The molecule has 0 radical (unpaired) electrons. The van der Waals surface area contributed by atoms with E-state index in [2.05, 4.69) is 16.5 Å². The number of nitrogens with one attached hydrogen (secondary N) is 1. The van der Waals surface area contributed by atoms with Crippen molar-refractivity contribution in [1.82, 2.24) is 15.1 Å². The van der Waals surface area contributed by atoms with Gasteiger partial charge in [0.2, 0.25) is 0 Å². The monoisotopic (exact) mass is 423 g/mol. The topological polar surface area (TPSA) is 74.6 Å². The quantitative estimate of drug-likeness (QED) is 0.527. The summed E-state index contributed by atoms with van der Waals surface area (Å²) in [5.41, 5.74) is 3.49. The number of benzene rings is 2. The molecule has 31 heavy (non-hydrogen) atoms. The molecule has 0 bridgehead atoms. The summed E-state index contributed by atoms with van der Waals surface area (Å²) in [4.78, 5) is 12.5. The van der Waals surface area contributed by atoms with Crippen LogP contribution in [0.3, 0.4) is 0 Å². The molecule has 3 aromatic rings. The SMILES string of the molecule is CCOc1ccc(CNC(=O)c2ccn(COc3ccc(C)cc3C)n2)cc1OCC. The lowest BCUT2D eigenvalue weighted by Crippen LogP contribution is -2.23. The van der Waals surface area contributed by atoms with Gasteiger partial charge in [-0.15, -0.1) is 0 Å². The Morgan fingerprint density at radius 2 is 1.68 bits per heavy atom. The second kappa shape index (κ2) is 10.5. The molecule has 0 aliphatic heterocycles. The highest BCUT2D eigenvalue weighted by Gasteiger charge is 2.11. The van der Waals surface area contributed by atoms with Gasteiger partial charge in [0, 0.05) is 12.7 Å². The second-order valence-electron chi connectivity index (χ2n) is 7.11. The first-order valence-corrected chi connectivity index (χ1v) is 10.4. The Morgan fingerprint density at radius 3 is 2.42 bits per heavy atom. The van der Waals surface area contributed by atoms with Gasteiger partial charge < -0.3 is 19.5 Å². The van der Waals surface area contributed by atoms with E-state index >= 15 is 0 Å². The van der Waals surface area contributed by atoms with Crippen molar-refractivity contribution in [2.45, 2.75) is 41.0 Å². The summed E-state index contributed by atoms with van der Waals surface area (Å²) in [6.45, 7) is 9.58. The van der Waals surface area contributed by atoms with Crippen LogP contribution in [0.15, 0.2) is 48.7 Å². The fourth-order valence-corrected chi connectivity index (χ4v) is 3.13. The van der Waals surface area contributed by atoms with Gasteiger partial charge in [-0.3, -0.25) is 4.79 Å². The Morgan fingerprint density at radius 1 is 0.935 bits per heavy atom. The summed E-state index contributed by atoms with van der Waals surface area (Å²) in [5.74, 6) is 1.91. The van der Waals surface area contributed by atoms with Gasteiger partial charge in [-0.1, -0.05) is 23.8 Å². The largest absolute Gasteiger partial charge is 0.490 e. The number of hydrogen-bond donors (Lipinski definition) is 1. The number of aryl methyl sites for hydroxylation is 2. The highest BCUT2D eigenvalue weighted by Crippen LogP contribution is 2.28. The first-order valence-electron chi connectivity index (χ1n) is 10.4. The Hall–Kier alpha value is -3.48. The maximum atomic E-state index is 12.5. The zero-order chi connectivity index (χ0) is 22.2. The van der Waals surface area contributed by atoms with Gasteiger partial charge >= 0.3 is 0 Å². The molecule has 0 fully saturated rings. The van der Waals surface area contributed by atoms with E-state index in [1.54, 1.807) is 16.9 Å². The maximum Gasteiger partial charge on any atom is 0.272 e. The number of carbonyl (C=O) groups is 1. The second-order valence-corrected chi connectivity index (χ2v) is 7.11. The first kappa shape index (κ1) is 22.2. The molecule has 1 aromatic heterocycles. The summed E-state index contributed by atoms with van der Waals surface area (Å²) in [6, 6.07) is 13.3. The molecule has 0 atom stereocenters. The van der Waals surface area contributed by atoms with E-state index in [0.29, 0.717) is 37.0 Å². The Bertz CT molecular complexity index is 1030. The average Bonchev–Trinajstić information content (AvgIpc) is 3.22. The number of ether oxygens (including phenoxy) is 3. The molecule has 0 saturated heterocycles. The third kappa shape index (κ3) is 6.01. The van der Waals surface area contributed by atoms with Crippen molar-refractivity contribution in [1.29, 1.82) is 0 Å². The lowest BCUT2D eigenvalue weighted by molar-refractivity contribution is 0.0943. The van der Waals surface area contributed by atoms with Crippen LogP contribution in [0.25, 0.3) is 0 Å². The normalized spacial score (nSPS) is 10.6. The Balaban J connectivity index is 1.56. The molecule has 2 aromatic carbocycles. The highest BCUT2D eigenvalue weighted by atomic mass is 16.5. The molecule has 1 amide bonds. The molecular weight excluding hydrogens is 394 g/mol. The number of amides is 1. The number of carbonyl (C=O) groups excluding carboxylic acids is 1. The van der Waals surface area contributed by atoms with Crippen molar-refractivity contribution >= 4 is 5.91 Å². The number of aromatic nitrogens is 2. The summed E-state index contributed by atoms with van der Waals surface area (Å²) in [7, 11) is 0. The molecule has 7 nitrogen and oxygen atoms in total. The van der Waals surface area contributed by atoms with Crippen LogP contribution in [0, 0.1) is 13.8 Å². The molecule has 0 aliphatic rings. The molecule has 0 unspecified atom stereocenters. The minimum atomic E-state index is -0.253. The van der Waals surface area contributed by atoms with Crippen molar-refractivity contribution < 1.29 is 19.0 Å². The average molecular weight is 424 g/mol. The predicted molar refractivity (Wildman–Crippen MR) is 119 cm³/mol. The molecule has 0 aliphatic carbocycles. The third-order valence-corrected chi connectivity index (χ3v) is 4.62. The van der Waals surface area contributed by atoms with Gasteiger partial charge in [-0.2, -0.15) is 5.10 Å². The van der Waals surface area contributed by atoms with Crippen LogP contribution in [0.1, 0.15) is 41.0 Å². The molecule has 1 N–H and O–H groups in total. The van der Waals surface area contributed by atoms with Gasteiger partial charge in [0.05, 0.1) is 13.2 Å². The van der Waals surface area contributed by atoms with Gasteiger partial charge in [-0.05, 0) is 63.1 Å². The van der Waals surface area contributed by atoms with E-state index in [1.165, 1.54) is 5.56 Å². The van der Waals surface area contributed by atoms with Gasteiger partial charge in [0.1, 0.15) is 11.4 Å². The smallest absolute Gasteiger partial charge is 0.272 e. The van der Waals surface area contributed by atoms with E-state index in [0.717, 1.165) is 16.9 Å². The van der Waals surface area contributed by atoms with Gasteiger partial charge in [0.15, 0.2) is 18.2 Å². The summed E-state index contributed by atoms with van der Waals surface area (Å²) < 4.78 is 18.6. The molecule has 3 rings (SSSR count). The van der Waals surface area contributed by atoms with Gasteiger partial charge in [0.25, 0.3) is 5.91 Å². The van der Waals surface area contributed by atoms with E-state index in [1.807, 2.05) is 58.0 Å². The summed E-state index contributed by atoms with van der Waals surface area (Å²) in [5, 5.41) is 7.19. The molecule has 0 saturated carbocycles. The lowest BCUT2D eigenvalue weighted by Gasteiger charge is -2.12. The predicted octanol–water partition coefficient (Wildman–Crippen LogP) is 4.26. The van der Waals surface area contributed by atoms with Crippen molar-refractivity contribution in [3.63, 3.8) is 0 Å². The Kier molecular flexibility index (Phi) is 7.54. The lowest BCUT2D eigenvalue weighted by atomic mass is 10.1. The van der Waals surface area contributed by atoms with E-state index < -0.39 is 0 Å². The third-order valence-electron chi connectivity index (χ3n) is 4.62. The van der Waals surface area contributed by atoms with Gasteiger partial charge in [-0.25, -0.2) is 4.68 Å². The van der Waals surface area contributed by atoms with Crippen LogP contribution < -0.4 is 19.5 Å². The zero-order valence-electron chi connectivity index (χ0n) is 18.5. The molecule has 164 valence electrons. The van der Waals surface area contributed by atoms with Crippen LogP contribution in [0.2, 0.25) is 0 Å². The van der Waals surface area contributed by atoms with Crippen LogP contribution in [0.4, 0.5) is 0 Å². The van der Waals surface area contributed by atoms with E-state index in [-0.39, 0.29) is 12.6 Å². The fraction of sp³-hybridized carbons (Fsp3) is 0.333. The van der Waals surface area contributed by atoms with E-state index in [9.17, 15) is 4.79 Å². The number of nitrogens with zero attached hydrogens (tertiary/aromatic N) is 2. The number of rotatable bonds is 10. The van der Waals surface area contributed by atoms with Crippen molar-refractivity contribution in [3.8, 4) is 17.2 Å². The van der Waals surface area contributed by atoms with Crippen LogP contribution in [-0.4, -0.2) is 28.9 Å². The van der Waals surface area contributed by atoms with Crippen LogP contribution in [-0.2, 0) is 13.3 Å². The Labute approximate surface area is 182 Å². The van der Waals surface area contributed by atoms with Crippen molar-refractivity contribution in [2.24, 2.45) is 0 Å². The number of hydrogen-bond acceptors (Lipinski definition) is 5. The first-order chi connectivity index (χ1) is 15.0. The molecule has 7 heteroatoms. The highest BCUT2D eigenvalue weighted by molar-refractivity contribution is 5.92. The summed E-state index contributed by atoms with van der Waals surface area (Å²) in [6.07, 6.45) is 1.72. The molecule has 1 heterocycles. The van der Waals surface area contributed by atoms with Crippen LogP contribution >= 0.6 is 0 Å².